The molecule has 1 fully saturated rings. The lowest BCUT2D eigenvalue weighted by Gasteiger charge is -2.32. The van der Waals surface area contributed by atoms with Gasteiger partial charge in [0, 0.05) is 37.2 Å². The molecular formula is C21H22N4O3S. The second-order valence-corrected chi connectivity index (χ2v) is 8.63. The Bertz CT molecular complexity index is 1060. The van der Waals surface area contributed by atoms with Crippen molar-refractivity contribution >= 4 is 16.1 Å². The normalized spacial score (nSPS) is 16.4. The highest BCUT2D eigenvalue weighted by Gasteiger charge is 2.26. The Labute approximate surface area is 170 Å². The number of benzene rings is 2. The monoisotopic (exact) mass is 410 g/mol. The van der Waals surface area contributed by atoms with Gasteiger partial charge in [-0.3, -0.25) is 4.90 Å². The highest BCUT2D eigenvalue weighted by molar-refractivity contribution is 7.92. The lowest BCUT2D eigenvalue weighted by Crippen LogP contribution is -2.47. The third-order valence-electron chi connectivity index (χ3n) is 4.78. The van der Waals surface area contributed by atoms with Gasteiger partial charge in [-0.25, -0.2) is 8.42 Å². The number of nitrogens with zero attached hydrogens (tertiary/aromatic N) is 4. The van der Waals surface area contributed by atoms with Crippen molar-refractivity contribution in [3.8, 4) is 11.4 Å². The summed E-state index contributed by atoms with van der Waals surface area (Å²) in [5, 5.41) is 5.31. The number of sulfonamides is 1. The van der Waals surface area contributed by atoms with Crippen LogP contribution in [0.25, 0.3) is 17.5 Å². The zero-order chi connectivity index (χ0) is 20.1. The number of aromatic nitrogens is 2. The fourth-order valence-electron chi connectivity index (χ4n) is 3.17. The lowest BCUT2D eigenvalue weighted by molar-refractivity contribution is 0.164. The van der Waals surface area contributed by atoms with Crippen LogP contribution in [0, 0.1) is 0 Å². The fourth-order valence-corrected chi connectivity index (χ4v) is 4.35. The van der Waals surface area contributed by atoms with Crippen molar-refractivity contribution in [3.63, 3.8) is 0 Å². The van der Waals surface area contributed by atoms with Crippen LogP contribution in [0.3, 0.4) is 0 Å². The second kappa shape index (κ2) is 8.69. The summed E-state index contributed by atoms with van der Waals surface area (Å²) in [7, 11) is -3.44. The van der Waals surface area contributed by atoms with E-state index in [9.17, 15) is 8.42 Å². The summed E-state index contributed by atoms with van der Waals surface area (Å²) in [5.74, 6) is 1.09. The van der Waals surface area contributed by atoms with E-state index in [4.69, 9.17) is 4.52 Å². The molecule has 7 nitrogen and oxygen atoms in total. The second-order valence-electron chi connectivity index (χ2n) is 6.81. The average molecular weight is 410 g/mol. The number of hydrogen-bond acceptors (Lipinski definition) is 6. The van der Waals surface area contributed by atoms with Gasteiger partial charge >= 0.3 is 0 Å². The van der Waals surface area contributed by atoms with Crippen molar-refractivity contribution < 1.29 is 12.9 Å². The minimum Gasteiger partial charge on any atom is -0.338 e. The maximum atomic E-state index is 12.6. The molecule has 0 N–H and O–H groups in total. The van der Waals surface area contributed by atoms with Crippen molar-refractivity contribution in [2.45, 2.75) is 6.54 Å². The van der Waals surface area contributed by atoms with Crippen molar-refractivity contribution in [2.24, 2.45) is 0 Å². The van der Waals surface area contributed by atoms with Crippen LogP contribution in [-0.4, -0.2) is 53.9 Å². The minimum atomic E-state index is -3.44. The minimum absolute atomic E-state index is 0.432. The Morgan fingerprint density at radius 1 is 0.931 bits per heavy atom. The van der Waals surface area contributed by atoms with Gasteiger partial charge in [-0.1, -0.05) is 65.8 Å². The fraction of sp³-hybridized carbons (Fsp3) is 0.238. The first kappa shape index (κ1) is 19.5. The van der Waals surface area contributed by atoms with Gasteiger partial charge in [0.2, 0.25) is 21.7 Å². The third kappa shape index (κ3) is 4.97. The van der Waals surface area contributed by atoms with E-state index in [0.29, 0.717) is 44.4 Å². The molecule has 1 saturated heterocycles. The van der Waals surface area contributed by atoms with E-state index >= 15 is 0 Å². The van der Waals surface area contributed by atoms with Crippen LogP contribution in [0.1, 0.15) is 11.5 Å². The SMILES string of the molecule is O=S(=O)(/C=C/c1ccccc1)N1CCN(Cc2nc(-c3ccccc3)no2)CC1. The molecule has 0 spiro atoms. The number of piperazine rings is 1. The zero-order valence-corrected chi connectivity index (χ0v) is 16.7. The Morgan fingerprint density at radius 3 is 2.28 bits per heavy atom. The molecule has 0 aliphatic carbocycles. The van der Waals surface area contributed by atoms with Gasteiger partial charge in [0.1, 0.15) is 0 Å². The van der Waals surface area contributed by atoms with Crippen LogP contribution < -0.4 is 0 Å². The molecule has 0 bridgehead atoms. The van der Waals surface area contributed by atoms with Gasteiger partial charge in [0.15, 0.2) is 0 Å². The van der Waals surface area contributed by atoms with Gasteiger partial charge < -0.3 is 4.52 Å². The summed E-state index contributed by atoms with van der Waals surface area (Å²) in [6.45, 7) is 2.60. The molecule has 1 aliphatic heterocycles. The molecule has 1 aliphatic rings. The smallest absolute Gasteiger partial charge is 0.241 e. The predicted molar refractivity (Wildman–Crippen MR) is 111 cm³/mol. The summed E-state index contributed by atoms with van der Waals surface area (Å²) in [5.41, 5.74) is 1.77. The van der Waals surface area contributed by atoms with Crippen LogP contribution in [0.2, 0.25) is 0 Å². The Hall–Kier alpha value is -2.81. The van der Waals surface area contributed by atoms with E-state index in [1.807, 2.05) is 60.7 Å². The maximum absolute atomic E-state index is 12.6. The molecule has 0 atom stereocenters. The van der Waals surface area contributed by atoms with Crippen LogP contribution in [0.5, 0.6) is 0 Å². The van der Waals surface area contributed by atoms with Crippen molar-refractivity contribution in [1.29, 1.82) is 0 Å². The topological polar surface area (TPSA) is 79.5 Å². The number of hydrogen-bond donors (Lipinski definition) is 0. The predicted octanol–water partition coefficient (Wildman–Crippen LogP) is 2.85. The molecule has 0 saturated carbocycles. The highest BCUT2D eigenvalue weighted by atomic mass is 32.2. The molecule has 2 aromatic carbocycles. The van der Waals surface area contributed by atoms with Crippen LogP contribution in [0.4, 0.5) is 0 Å². The first-order chi connectivity index (χ1) is 14.1. The summed E-state index contributed by atoms with van der Waals surface area (Å²) < 4.78 is 32.0. The molecule has 4 rings (SSSR count). The molecule has 0 amide bonds. The molecule has 2 heterocycles. The standard InChI is InChI=1S/C21H22N4O3S/c26-29(27,16-11-18-7-3-1-4-8-18)25-14-12-24(13-15-25)17-20-22-21(23-28-20)19-9-5-2-6-10-19/h1-11,16H,12-15,17H2/b16-11+. The Balaban J connectivity index is 1.33. The molecule has 0 unspecified atom stereocenters. The van der Waals surface area contributed by atoms with Crippen molar-refractivity contribution in [3.05, 3.63) is 77.5 Å². The van der Waals surface area contributed by atoms with E-state index in [0.717, 1.165) is 11.1 Å². The van der Waals surface area contributed by atoms with Crippen molar-refractivity contribution in [1.82, 2.24) is 19.3 Å². The molecule has 1 aromatic heterocycles. The van der Waals surface area contributed by atoms with E-state index in [1.165, 1.54) is 9.71 Å². The molecule has 150 valence electrons. The first-order valence-electron chi connectivity index (χ1n) is 9.44. The van der Waals surface area contributed by atoms with E-state index in [-0.39, 0.29) is 0 Å². The third-order valence-corrected chi connectivity index (χ3v) is 6.35. The maximum Gasteiger partial charge on any atom is 0.241 e. The average Bonchev–Trinajstić information content (AvgIpc) is 3.23. The van der Waals surface area contributed by atoms with Gasteiger partial charge in [0.05, 0.1) is 6.54 Å². The van der Waals surface area contributed by atoms with E-state index < -0.39 is 10.0 Å². The zero-order valence-electron chi connectivity index (χ0n) is 15.9. The van der Waals surface area contributed by atoms with Crippen LogP contribution in [0.15, 0.2) is 70.6 Å². The lowest BCUT2D eigenvalue weighted by atomic mass is 10.2. The van der Waals surface area contributed by atoms with Crippen LogP contribution >= 0.6 is 0 Å². The summed E-state index contributed by atoms with van der Waals surface area (Å²) in [6.07, 6.45) is 1.63. The molecule has 3 aromatic rings. The Morgan fingerprint density at radius 2 is 1.59 bits per heavy atom. The molecule has 29 heavy (non-hydrogen) atoms. The first-order valence-corrected chi connectivity index (χ1v) is 10.9. The quantitative estimate of drug-likeness (QED) is 0.622. The van der Waals surface area contributed by atoms with Crippen LogP contribution in [-0.2, 0) is 16.6 Å². The number of rotatable bonds is 6. The molecule has 0 radical (unpaired) electrons. The largest absolute Gasteiger partial charge is 0.338 e. The van der Waals surface area contributed by atoms with Gasteiger partial charge in [-0.15, -0.1) is 0 Å². The van der Waals surface area contributed by atoms with Crippen molar-refractivity contribution in [2.75, 3.05) is 26.2 Å². The van der Waals surface area contributed by atoms with E-state index in [1.54, 1.807) is 6.08 Å². The summed E-state index contributed by atoms with van der Waals surface area (Å²) in [4.78, 5) is 6.56. The van der Waals surface area contributed by atoms with Gasteiger partial charge in [-0.05, 0) is 11.6 Å². The van der Waals surface area contributed by atoms with Gasteiger partial charge in [0.25, 0.3) is 0 Å². The van der Waals surface area contributed by atoms with E-state index in [2.05, 4.69) is 15.0 Å². The highest BCUT2D eigenvalue weighted by Crippen LogP contribution is 2.17. The Kier molecular flexibility index (Phi) is 5.84. The summed E-state index contributed by atoms with van der Waals surface area (Å²) in [6, 6.07) is 19.1. The summed E-state index contributed by atoms with van der Waals surface area (Å²) >= 11 is 0. The van der Waals surface area contributed by atoms with Gasteiger partial charge in [-0.2, -0.15) is 9.29 Å². The molecular weight excluding hydrogens is 388 g/mol. The molecule has 8 heteroatoms.